The highest BCUT2D eigenvalue weighted by atomic mass is 32.1. The Labute approximate surface area is 82.8 Å². The van der Waals surface area contributed by atoms with Gasteiger partial charge in [0.2, 0.25) is 0 Å². The van der Waals surface area contributed by atoms with Crippen LogP contribution in [0.4, 0.5) is 5.69 Å². The van der Waals surface area contributed by atoms with Gasteiger partial charge in [-0.3, -0.25) is 4.79 Å². The van der Waals surface area contributed by atoms with Crippen LogP contribution in [-0.2, 0) is 0 Å². The van der Waals surface area contributed by atoms with Gasteiger partial charge in [0.1, 0.15) is 0 Å². The average Bonchev–Trinajstić information content (AvgIpc) is 2.31. The van der Waals surface area contributed by atoms with Crippen molar-refractivity contribution in [1.29, 1.82) is 0 Å². The summed E-state index contributed by atoms with van der Waals surface area (Å²) in [6.07, 6.45) is 0.611. The molecule has 1 aromatic rings. The van der Waals surface area contributed by atoms with E-state index in [2.05, 4.69) is 0 Å². The molecule has 72 valence electrons. The first kappa shape index (κ1) is 10.3. The van der Waals surface area contributed by atoms with Gasteiger partial charge in [0.05, 0.1) is 4.88 Å². The minimum Gasteiger partial charge on any atom is -0.398 e. The predicted molar refractivity (Wildman–Crippen MR) is 57.3 cm³/mol. The highest BCUT2D eigenvalue weighted by Gasteiger charge is 2.11. The first-order valence-corrected chi connectivity index (χ1v) is 5.21. The smallest absolute Gasteiger partial charge is 0.173 e. The van der Waals surface area contributed by atoms with E-state index in [1.807, 2.05) is 20.8 Å². The summed E-state index contributed by atoms with van der Waals surface area (Å²) in [6.45, 7) is 6.02. The van der Waals surface area contributed by atoms with E-state index in [0.29, 0.717) is 12.3 Å². The molecule has 0 aliphatic carbocycles. The van der Waals surface area contributed by atoms with Crippen molar-refractivity contribution in [3.05, 3.63) is 15.8 Å². The maximum Gasteiger partial charge on any atom is 0.173 e. The molecule has 1 rings (SSSR count). The number of rotatable bonds is 3. The molecular weight excluding hydrogens is 182 g/mol. The predicted octanol–water partition coefficient (Wildman–Crippen LogP) is 2.87. The van der Waals surface area contributed by atoms with E-state index in [1.54, 1.807) is 6.07 Å². The summed E-state index contributed by atoms with van der Waals surface area (Å²) < 4.78 is 0. The zero-order chi connectivity index (χ0) is 10.0. The summed E-state index contributed by atoms with van der Waals surface area (Å²) in [4.78, 5) is 13.4. The number of carbonyl (C=O) groups excluding carboxylic acids is 1. The number of thiophene rings is 1. The van der Waals surface area contributed by atoms with Gasteiger partial charge in [-0.2, -0.15) is 0 Å². The number of anilines is 1. The Kier molecular flexibility index (Phi) is 3.09. The van der Waals surface area contributed by atoms with Crippen LogP contribution >= 0.6 is 11.3 Å². The number of nitrogen functional groups attached to an aromatic ring is 1. The molecule has 0 aliphatic rings. The molecule has 13 heavy (non-hydrogen) atoms. The van der Waals surface area contributed by atoms with Crippen LogP contribution < -0.4 is 5.73 Å². The maximum atomic E-state index is 11.6. The third-order valence-electron chi connectivity index (χ3n) is 1.82. The summed E-state index contributed by atoms with van der Waals surface area (Å²) in [6, 6.07) is 1.78. The summed E-state index contributed by atoms with van der Waals surface area (Å²) >= 11 is 1.49. The van der Waals surface area contributed by atoms with Gasteiger partial charge in [0.25, 0.3) is 0 Å². The van der Waals surface area contributed by atoms with Crippen LogP contribution in [-0.4, -0.2) is 5.78 Å². The molecule has 0 aliphatic heterocycles. The fourth-order valence-electron chi connectivity index (χ4n) is 1.10. The lowest BCUT2D eigenvalue weighted by Gasteiger charge is -2.00. The van der Waals surface area contributed by atoms with Crippen LogP contribution in [0.1, 0.15) is 34.8 Å². The molecule has 0 spiro atoms. The lowest BCUT2D eigenvalue weighted by molar-refractivity contribution is 0.0972. The molecule has 0 amide bonds. The lowest BCUT2D eigenvalue weighted by Crippen LogP contribution is -2.00. The normalized spacial score (nSPS) is 10.8. The van der Waals surface area contributed by atoms with Gasteiger partial charge < -0.3 is 5.73 Å². The van der Waals surface area contributed by atoms with E-state index in [-0.39, 0.29) is 5.78 Å². The minimum atomic E-state index is 0.208. The molecule has 0 atom stereocenters. The van der Waals surface area contributed by atoms with E-state index >= 15 is 0 Å². The Morgan fingerprint density at radius 2 is 2.23 bits per heavy atom. The van der Waals surface area contributed by atoms with Gasteiger partial charge in [0.15, 0.2) is 5.78 Å². The molecule has 0 saturated heterocycles. The molecule has 2 N–H and O–H groups in total. The van der Waals surface area contributed by atoms with Gasteiger partial charge in [-0.1, -0.05) is 13.8 Å². The summed E-state index contributed by atoms with van der Waals surface area (Å²) in [5.74, 6) is 0.621. The number of hydrogen-bond donors (Lipinski definition) is 1. The second-order valence-corrected chi connectivity index (χ2v) is 4.90. The highest BCUT2D eigenvalue weighted by Crippen LogP contribution is 2.25. The average molecular weight is 197 g/mol. The molecule has 0 bridgehead atoms. The highest BCUT2D eigenvalue weighted by molar-refractivity contribution is 7.14. The SMILES string of the molecule is Cc1sc(C(=O)CC(C)C)cc1N. The van der Waals surface area contributed by atoms with Crippen molar-refractivity contribution in [1.82, 2.24) is 0 Å². The van der Waals surface area contributed by atoms with Crippen LogP contribution in [0.25, 0.3) is 0 Å². The first-order chi connectivity index (χ1) is 6.00. The van der Waals surface area contributed by atoms with E-state index in [9.17, 15) is 4.79 Å². The van der Waals surface area contributed by atoms with E-state index in [4.69, 9.17) is 5.73 Å². The lowest BCUT2D eigenvalue weighted by atomic mass is 10.1. The largest absolute Gasteiger partial charge is 0.398 e. The van der Waals surface area contributed by atoms with E-state index < -0.39 is 0 Å². The van der Waals surface area contributed by atoms with Crippen LogP contribution in [0, 0.1) is 12.8 Å². The maximum absolute atomic E-state index is 11.6. The minimum absolute atomic E-state index is 0.208. The third kappa shape index (κ3) is 2.56. The number of hydrogen-bond acceptors (Lipinski definition) is 3. The molecule has 3 heteroatoms. The van der Waals surface area contributed by atoms with Crippen molar-refractivity contribution in [3.63, 3.8) is 0 Å². The standard InChI is InChI=1S/C10H15NOS/c1-6(2)4-9(12)10-5-8(11)7(3)13-10/h5-6H,4,11H2,1-3H3. The second kappa shape index (κ2) is 3.92. The number of ketones is 1. The first-order valence-electron chi connectivity index (χ1n) is 4.39. The number of Topliss-reactive ketones (excluding diaryl/α,β-unsaturated/α-hetero) is 1. The topological polar surface area (TPSA) is 43.1 Å². The van der Waals surface area contributed by atoms with E-state index in [1.165, 1.54) is 11.3 Å². The summed E-state index contributed by atoms with van der Waals surface area (Å²) in [7, 11) is 0. The molecular formula is C10H15NOS. The molecule has 0 unspecified atom stereocenters. The molecule has 0 fully saturated rings. The van der Waals surface area contributed by atoms with Crippen molar-refractivity contribution in [3.8, 4) is 0 Å². The fourth-order valence-corrected chi connectivity index (χ4v) is 1.99. The van der Waals surface area contributed by atoms with Gasteiger partial charge in [-0.25, -0.2) is 0 Å². The van der Waals surface area contributed by atoms with Crippen LogP contribution in [0.5, 0.6) is 0 Å². The second-order valence-electron chi connectivity index (χ2n) is 3.64. The Bertz CT molecular complexity index is 295. The van der Waals surface area contributed by atoms with Gasteiger partial charge in [-0.05, 0) is 18.9 Å². The monoisotopic (exact) mass is 197 g/mol. The number of nitrogens with two attached hydrogens (primary N) is 1. The number of aryl methyl sites for hydroxylation is 1. The van der Waals surface area contributed by atoms with Crippen molar-refractivity contribution >= 4 is 22.8 Å². The number of carbonyl (C=O) groups is 1. The zero-order valence-electron chi connectivity index (χ0n) is 8.26. The Morgan fingerprint density at radius 3 is 2.62 bits per heavy atom. The van der Waals surface area contributed by atoms with Crippen molar-refractivity contribution in [2.24, 2.45) is 5.92 Å². The van der Waals surface area contributed by atoms with Gasteiger partial charge in [0, 0.05) is 17.0 Å². The summed E-state index contributed by atoms with van der Waals surface area (Å²) in [5, 5.41) is 0. The summed E-state index contributed by atoms with van der Waals surface area (Å²) in [5.41, 5.74) is 6.40. The molecule has 0 saturated carbocycles. The van der Waals surface area contributed by atoms with Crippen LogP contribution in [0.2, 0.25) is 0 Å². The van der Waals surface area contributed by atoms with Crippen LogP contribution in [0.15, 0.2) is 6.07 Å². The van der Waals surface area contributed by atoms with Crippen LogP contribution in [0.3, 0.4) is 0 Å². The molecule has 0 radical (unpaired) electrons. The van der Waals surface area contributed by atoms with Gasteiger partial charge >= 0.3 is 0 Å². The van der Waals surface area contributed by atoms with Crippen molar-refractivity contribution in [2.45, 2.75) is 27.2 Å². The zero-order valence-corrected chi connectivity index (χ0v) is 9.07. The van der Waals surface area contributed by atoms with Gasteiger partial charge in [-0.15, -0.1) is 11.3 Å². The van der Waals surface area contributed by atoms with Crippen molar-refractivity contribution in [2.75, 3.05) is 5.73 Å². The Balaban J connectivity index is 2.77. The Morgan fingerprint density at radius 1 is 1.62 bits per heavy atom. The quantitative estimate of drug-likeness (QED) is 0.757. The molecule has 0 aromatic carbocycles. The van der Waals surface area contributed by atoms with Crippen molar-refractivity contribution < 1.29 is 4.79 Å². The Hall–Kier alpha value is -0.830. The molecule has 1 heterocycles. The molecule has 1 aromatic heterocycles. The fraction of sp³-hybridized carbons (Fsp3) is 0.500. The molecule has 2 nitrogen and oxygen atoms in total. The third-order valence-corrected chi connectivity index (χ3v) is 2.93. The van der Waals surface area contributed by atoms with E-state index in [0.717, 1.165) is 15.4 Å².